The summed E-state index contributed by atoms with van der Waals surface area (Å²) in [6.07, 6.45) is 1.75. The molecule has 20 heavy (non-hydrogen) atoms. The molecule has 0 aliphatic rings. The summed E-state index contributed by atoms with van der Waals surface area (Å²) in [6.45, 7) is 0.509. The van der Waals surface area contributed by atoms with Crippen LogP contribution in [0.25, 0.3) is 10.8 Å². The molecule has 2 nitrogen and oxygen atoms in total. The summed E-state index contributed by atoms with van der Waals surface area (Å²) in [5, 5.41) is 12.3. The normalized spacial score (nSPS) is 11.2. The molecule has 0 spiro atoms. The molecule has 0 atom stereocenters. The maximum atomic E-state index is 13.4. The Morgan fingerprint density at radius 3 is 2.60 bits per heavy atom. The molecule has 3 aromatic rings. The van der Waals surface area contributed by atoms with Crippen molar-refractivity contribution in [3.8, 4) is 5.88 Å². The van der Waals surface area contributed by atoms with Crippen LogP contribution in [0.4, 0.5) is 4.39 Å². The Balaban J connectivity index is 2.06. The smallest absolute Gasteiger partial charge is 0.200 e. The minimum absolute atomic E-state index is 0.152. The lowest BCUT2D eigenvalue weighted by Gasteiger charge is -2.05. The predicted molar refractivity (Wildman–Crippen MR) is 86.8 cm³/mol. The van der Waals surface area contributed by atoms with Crippen molar-refractivity contribution in [1.29, 1.82) is 0 Å². The van der Waals surface area contributed by atoms with Crippen molar-refractivity contribution < 1.29 is 9.50 Å². The maximum absolute atomic E-state index is 13.4. The Hall–Kier alpha value is -1.27. The monoisotopic (exact) mass is 401 g/mol. The summed E-state index contributed by atoms with van der Waals surface area (Å²) < 4.78 is 15.8. The van der Waals surface area contributed by atoms with Gasteiger partial charge >= 0.3 is 0 Å². The predicted octanol–water partition coefficient (Wildman–Crippen LogP) is 4.79. The molecule has 1 N–H and O–H groups in total. The Bertz CT molecular complexity index is 783. The van der Waals surface area contributed by atoms with Crippen LogP contribution in [0.5, 0.6) is 5.88 Å². The molecule has 0 bridgehead atoms. The van der Waals surface area contributed by atoms with E-state index in [1.807, 2.05) is 34.7 Å². The highest BCUT2D eigenvalue weighted by Crippen LogP contribution is 2.32. The molecule has 0 unspecified atom stereocenters. The van der Waals surface area contributed by atoms with Gasteiger partial charge in [0, 0.05) is 20.2 Å². The molecule has 0 saturated heterocycles. The van der Waals surface area contributed by atoms with E-state index >= 15 is 0 Å². The van der Waals surface area contributed by atoms with Crippen LogP contribution >= 0.6 is 34.2 Å². The van der Waals surface area contributed by atoms with Crippen LogP contribution in [0.1, 0.15) is 5.56 Å². The Morgan fingerprint density at radius 1 is 1.20 bits per heavy atom. The van der Waals surface area contributed by atoms with E-state index in [-0.39, 0.29) is 11.7 Å². The summed E-state index contributed by atoms with van der Waals surface area (Å²) in [7, 11) is 0. The van der Waals surface area contributed by atoms with E-state index in [4.69, 9.17) is 11.6 Å². The largest absolute Gasteiger partial charge is 0.494 e. The molecule has 0 saturated carbocycles. The van der Waals surface area contributed by atoms with Gasteiger partial charge in [0.05, 0.1) is 11.9 Å². The number of hydrogen-bond donors (Lipinski definition) is 1. The van der Waals surface area contributed by atoms with Crippen LogP contribution in [-0.4, -0.2) is 9.67 Å². The van der Waals surface area contributed by atoms with Gasteiger partial charge in [-0.3, -0.25) is 0 Å². The van der Waals surface area contributed by atoms with Crippen LogP contribution in [0.2, 0.25) is 5.02 Å². The summed E-state index contributed by atoms with van der Waals surface area (Å²) in [5.41, 5.74) is 1.01. The number of aromatic hydroxyl groups is 1. The van der Waals surface area contributed by atoms with Crippen LogP contribution in [0.15, 0.2) is 42.6 Å². The van der Waals surface area contributed by atoms with Crippen LogP contribution in [-0.2, 0) is 6.54 Å². The average molecular weight is 402 g/mol. The number of rotatable bonds is 2. The quantitative estimate of drug-likeness (QED) is 0.614. The Morgan fingerprint density at radius 2 is 1.90 bits per heavy atom. The lowest BCUT2D eigenvalue weighted by Crippen LogP contribution is -1.96. The van der Waals surface area contributed by atoms with Crippen molar-refractivity contribution in [3.63, 3.8) is 0 Å². The molecule has 0 aliphatic heterocycles. The molecular weight excluding hydrogens is 392 g/mol. The van der Waals surface area contributed by atoms with E-state index in [0.717, 1.165) is 5.56 Å². The van der Waals surface area contributed by atoms with Crippen LogP contribution in [0.3, 0.4) is 0 Å². The second kappa shape index (κ2) is 5.26. The maximum Gasteiger partial charge on any atom is 0.200 e. The zero-order chi connectivity index (χ0) is 14.3. The van der Waals surface area contributed by atoms with Gasteiger partial charge in [-0.2, -0.15) is 0 Å². The van der Waals surface area contributed by atoms with E-state index in [1.165, 1.54) is 12.1 Å². The molecule has 5 heteroatoms. The topological polar surface area (TPSA) is 25.2 Å². The number of halogens is 3. The van der Waals surface area contributed by atoms with Gasteiger partial charge in [-0.25, -0.2) is 4.39 Å². The number of hydrogen-bond acceptors (Lipinski definition) is 1. The van der Waals surface area contributed by atoms with E-state index < -0.39 is 0 Å². The van der Waals surface area contributed by atoms with Gasteiger partial charge in [0.1, 0.15) is 5.82 Å². The van der Waals surface area contributed by atoms with Gasteiger partial charge in [0.15, 0.2) is 5.88 Å². The van der Waals surface area contributed by atoms with Crippen molar-refractivity contribution >= 4 is 45.0 Å². The Labute approximate surface area is 133 Å². The molecule has 2 aromatic carbocycles. The van der Waals surface area contributed by atoms with E-state index in [9.17, 15) is 9.50 Å². The van der Waals surface area contributed by atoms with E-state index in [2.05, 4.69) is 0 Å². The van der Waals surface area contributed by atoms with Crippen molar-refractivity contribution in [3.05, 3.63) is 62.6 Å². The molecule has 0 amide bonds. The molecule has 1 aromatic heterocycles. The second-order valence-corrected chi connectivity index (χ2v) is 6.16. The number of benzene rings is 2. The number of fused-ring (bicyclic) bond motifs is 1. The van der Waals surface area contributed by atoms with Crippen LogP contribution < -0.4 is 0 Å². The first-order chi connectivity index (χ1) is 9.54. The highest BCUT2D eigenvalue weighted by atomic mass is 127. The standard InChI is InChI=1S/C15H10ClFINO/c16-11-3-1-9(2-4-11)7-19-8-10-5-12(17)6-13(18)14(10)15(19)20/h1-6,8,20H,7H2. The molecular formula is C15H10ClFINO. The molecule has 102 valence electrons. The molecule has 3 rings (SSSR count). The van der Waals surface area contributed by atoms with E-state index in [0.29, 0.717) is 25.9 Å². The first-order valence-corrected chi connectivity index (χ1v) is 7.41. The third-order valence-corrected chi connectivity index (χ3v) is 4.25. The first-order valence-electron chi connectivity index (χ1n) is 5.96. The lowest BCUT2D eigenvalue weighted by atomic mass is 10.2. The fourth-order valence-electron chi connectivity index (χ4n) is 2.21. The average Bonchev–Trinajstić information content (AvgIpc) is 2.69. The van der Waals surface area contributed by atoms with E-state index in [1.54, 1.807) is 22.9 Å². The lowest BCUT2D eigenvalue weighted by molar-refractivity contribution is 0.430. The molecule has 0 aliphatic carbocycles. The van der Waals surface area contributed by atoms with Gasteiger partial charge in [-0.1, -0.05) is 23.7 Å². The number of aromatic nitrogens is 1. The fourth-order valence-corrected chi connectivity index (χ4v) is 3.19. The molecule has 0 radical (unpaired) electrons. The van der Waals surface area contributed by atoms with Crippen molar-refractivity contribution in [2.75, 3.05) is 0 Å². The third-order valence-electron chi connectivity index (χ3n) is 3.14. The van der Waals surface area contributed by atoms with Crippen molar-refractivity contribution in [1.82, 2.24) is 4.57 Å². The summed E-state index contributed by atoms with van der Waals surface area (Å²) in [4.78, 5) is 0. The molecule has 1 heterocycles. The Kier molecular flexibility index (Phi) is 3.60. The zero-order valence-electron chi connectivity index (χ0n) is 10.3. The summed E-state index contributed by atoms with van der Waals surface area (Å²) in [6, 6.07) is 10.3. The second-order valence-electron chi connectivity index (χ2n) is 4.56. The van der Waals surface area contributed by atoms with Crippen molar-refractivity contribution in [2.24, 2.45) is 0 Å². The highest BCUT2D eigenvalue weighted by Gasteiger charge is 2.13. The minimum Gasteiger partial charge on any atom is -0.494 e. The summed E-state index contributed by atoms with van der Waals surface area (Å²) in [5.74, 6) is -0.148. The van der Waals surface area contributed by atoms with Gasteiger partial charge in [0.2, 0.25) is 0 Å². The minimum atomic E-state index is -0.300. The zero-order valence-corrected chi connectivity index (χ0v) is 13.2. The van der Waals surface area contributed by atoms with Gasteiger partial charge < -0.3 is 9.67 Å². The van der Waals surface area contributed by atoms with Gasteiger partial charge in [-0.05, 0) is 52.4 Å². The summed E-state index contributed by atoms with van der Waals surface area (Å²) >= 11 is 7.88. The molecule has 0 fully saturated rings. The van der Waals surface area contributed by atoms with Gasteiger partial charge in [0.25, 0.3) is 0 Å². The first kappa shape index (κ1) is 13.7. The van der Waals surface area contributed by atoms with Crippen LogP contribution in [0, 0.1) is 9.39 Å². The fraction of sp³-hybridized carbons (Fsp3) is 0.0667. The highest BCUT2D eigenvalue weighted by molar-refractivity contribution is 14.1. The number of nitrogens with zero attached hydrogens (tertiary/aromatic N) is 1. The SMILES string of the molecule is Oc1c2c(I)cc(F)cc2cn1Cc1ccc(Cl)cc1. The third kappa shape index (κ3) is 2.50. The van der Waals surface area contributed by atoms with Crippen molar-refractivity contribution in [2.45, 2.75) is 6.54 Å². The van der Waals surface area contributed by atoms with Gasteiger partial charge in [-0.15, -0.1) is 0 Å².